The highest BCUT2D eigenvalue weighted by Gasteiger charge is 2.30. The Morgan fingerprint density at radius 2 is 1.64 bits per heavy atom. The minimum absolute atomic E-state index is 0.0612. The summed E-state index contributed by atoms with van der Waals surface area (Å²) in [6.45, 7) is 0. The zero-order valence-electron chi connectivity index (χ0n) is 14.0. The Hall–Kier alpha value is -3.49. The number of aromatic amines is 1. The van der Waals surface area contributed by atoms with Crippen molar-refractivity contribution in [2.45, 2.75) is 6.18 Å². The maximum atomic E-state index is 13.9. The molecule has 4 aromatic rings. The molecule has 2 aromatic heterocycles. The zero-order valence-corrected chi connectivity index (χ0v) is 14.0. The van der Waals surface area contributed by atoms with Gasteiger partial charge in [0.15, 0.2) is 5.82 Å². The number of aromatic nitrogens is 3. The molecule has 0 atom stereocenters. The Morgan fingerprint density at radius 3 is 2.32 bits per heavy atom. The Kier molecular flexibility index (Phi) is 4.02. The van der Waals surface area contributed by atoms with E-state index in [0.717, 1.165) is 24.3 Å². The van der Waals surface area contributed by atoms with Crippen LogP contribution in [0.4, 0.5) is 27.8 Å². The average molecular weight is 390 g/mol. The lowest BCUT2D eigenvalue weighted by Crippen LogP contribution is -2.04. The Morgan fingerprint density at radius 1 is 0.929 bits per heavy atom. The third-order valence-corrected chi connectivity index (χ3v) is 4.20. The number of hydrogen-bond donors (Lipinski definition) is 2. The number of alkyl halides is 3. The summed E-state index contributed by atoms with van der Waals surface area (Å²) >= 11 is 0. The second-order valence-electron chi connectivity index (χ2n) is 6.09. The molecule has 4 rings (SSSR count). The van der Waals surface area contributed by atoms with Gasteiger partial charge in [-0.2, -0.15) is 13.2 Å². The van der Waals surface area contributed by atoms with Gasteiger partial charge >= 0.3 is 6.18 Å². The van der Waals surface area contributed by atoms with Crippen LogP contribution in [0.2, 0.25) is 0 Å². The lowest BCUT2D eigenvalue weighted by atomic mass is 10.1. The van der Waals surface area contributed by atoms with Crippen molar-refractivity contribution < 1.29 is 22.0 Å². The maximum Gasteiger partial charge on any atom is 0.416 e. The first-order valence-electron chi connectivity index (χ1n) is 8.01. The van der Waals surface area contributed by atoms with E-state index >= 15 is 0 Å². The number of nitrogen functional groups attached to an aromatic ring is 1. The molecule has 0 saturated heterocycles. The van der Waals surface area contributed by atoms with Gasteiger partial charge in [0.1, 0.15) is 17.5 Å². The number of halogens is 5. The minimum Gasteiger partial charge on any atom is -0.384 e. The normalized spacial score (nSPS) is 11.9. The van der Waals surface area contributed by atoms with Crippen LogP contribution in [0.15, 0.2) is 48.7 Å². The Bertz CT molecular complexity index is 1180. The van der Waals surface area contributed by atoms with Gasteiger partial charge in [-0.05, 0) is 18.2 Å². The molecular formula is C19H11F5N4. The highest BCUT2D eigenvalue weighted by molar-refractivity contribution is 5.94. The molecule has 4 nitrogen and oxygen atoms in total. The first-order valence-corrected chi connectivity index (χ1v) is 8.01. The third kappa shape index (κ3) is 3.15. The van der Waals surface area contributed by atoms with E-state index in [0.29, 0.717) is 11.1 Å². The molecule has 28 heavy (non-hydrogen) atoms. The lowest BCUT2D eigenvalue weighted by molar-refractivity contribution is -0.137. The van der Waals surface area contributed by atoms with Crippen LogP contribution in [0.25, 0.3) is 33.5 Å². The Labute approximate surface area is 154 Å². The monoisotopic (exact) mass is 390 g/mol. The fourth-order valence-electron chi connectivity index (χ4n) is 2.90. The summed E-state index contributed by atoms with van der Waals surface area (Å²) in [7, 11) is 0. The molecule has 3 N–H and O–H groups in total. The van der Waals surface area contributed by atoms with E-state index in [1.165, 1.54) is 24.4 Å². The van der Waals surface area contributed by atoms with Crippen LogP contribution in [-0.2, 0) is 6.18 Å². The summed E-state index contributed by atoms with van der Waals surface area (Å²) in [6.07, 6.45) is -3.04. The van der Waals surface area contributed by atoms with Crippen molar-refractivity contribution in [2.75, 3.05) is 5.73 Å². The molecule has 0 unspecified atom stereocenters. The second-order valence-corrected chi connectivity index (χ2v) is 6.09. The summed E-state index contributed by atoms with van der Waals surface area (Å²) in [6, 6.07) is 7.69. The highest BCUT2D eigenvalue weighted by Crippen LogP contribution is 2.33. The highest BCUT2D eigenvalue weighted by atomic mass is 19.4. The van der Waals surface area contributed by atoms with Crippen molar-refractivity contribution in [2.24, 2.45) is 0 Å². The van der Waals surface area contributed by atoms with Crippen LogP contribution in [-0.4, -0.2) is 15.0 Å². The van der Waals surface area contributed by atoms with E-state index in [2.05, 4.69) is 15.0 Å². The van der Waals surface area contributed by atoms with E-state index in [9.17, 15) is 22.0 Å². The number of rotatable bonds is 2. The number of nitrogens with one attached hydrogen (secondary N) is 1. The number of fused-ring (bicyclic) bond motifs is 1. The van der Waals surface area contributed by atoms with Gasteiger partial charge in [0.2, 0.25) is 0 Å². The minimum atomic E-state index is -4.45. The Balaban J connectivity index is 1.83. The standard InChI is InChI=1S/C19H11F5N4/c20-11-5-12-13(8-26-17(12)14(21)6-11)18-27-15(7-16(25)28-18)9-1-3-10(4-2-9)19(22,23)24/h1-8,26H,(H2,25,27,28). The van der Waals surface area contributed by atoms with Crippen molar-refractivity contribution in [3.8, 4) is 22.6 Å². The number of benzene rings is 2. The summed E-state index contributed by atoms with van der Waals surface area (Å²) in [5, 5.41) is 0.224. The molecule has 0 bridgehead atoms. The van der Waals surface area contributed by atoms with Gasteiger partial charge < -0.3 is 10.7 Å². The van der Waals surface area contributed by atoms with Gasteiger partial charge in [-0.3, -0.25) is 0 Å². The number of nitrogens with two attached hydrogens (primary N) is 1. The number of hydrogen-bond acceptors (Lipinski definition) is 3. The van der Waals surface area contributed by atoms with Crippen molar-refractivity contribution >= 4 is 16.7 Å². The fraction of sp³-hybridized carbons (Fsp3) is 0.0526. The fourth-order valence-corrected chi connectivity index (χ4v) is 2.90. The molecule has 0 saturated carbocycles. The van der Waals surface area contributed by atoms with Crippen LogP contribution in [0.5, 0.6) is 0 Å². The number of H-pyrrole nitrogens is 1. The molecule has 0 spiro atoms. The number of anilines is 1. The van der Waals surface area contributed by atoms with Crippen LogP contribution in [0, 0.1) is 11.6 Å². The smallest absolute Gasteiger partial charge is 0.384 e. The molecule has 0 aliphatic carbocycles. The van der Waals surface area contributed by atoms with Gasteiger partial charge in [0, 0.05) is 34.8 Å². The quantitative estimate of drug-likeness (QED) is 0.464. The molecule has 0 aliphatic rings. The maximum absolute atomic E-state index is 13.9. The molecule has 0 radical (unpaired) electrons. The van der Waals surface area contributed by atoms with Crippen LogP contribution < -0.4 is 5.73 Å². The first kappa shape index (κ1) is 17.9. The van der Waals surface area contributed by atoms with E-state index in [1.807, 2.05) is 0 Å². The molecule has 2 aromatic carbocycles. The predicted octanol–water partition coefficient (Wildman–Crippen LogP) is 5.17. The van der Waals surface area contributed by atoms with Crippen LogP contribution >= 0.6 is 0 Å². The summed E-state index contributed by atoms with van der Waals surface area (Å²) in [4.78, 5) is 11.1. The third-order valence-electron chi connectivity index (χ3n) is 4.20. The van der Waals surface area contributed by atoms with Crippen LogP contribution in [0.3, 0.4) is 0 Å². The lowest BCUT2D eigenvalue weighted by Gasteiger charge is -2.09. The molecule has 0 aliphatic heterocycles. The molecule has 0 fully saturated rings. The predicted molar refractivity (Wildman–Crippen MR) is 94.1 cm³/mol. The second kappa shape index (κ2) is 6.29. The summed E-state index contributed by atoms with van der Waals surface area (Å²) in [5.41, 5.74) is 6.09. The summed E-state index contributed by atoms with van der Waals surface area (Å²) in [5.74, 6) is -1.39. The van der Waals surface area contributed by atoms with E-state index < -0.39 is 23.4 Å². The van der Waals surface area contributed by atoms with Crippen molar-refractivity contribution in [3.05, 3.63) is 65.9 Å². The van der Waals surface area contributed by atoms with E-state index in [4.69, 9.17) is 5.73 Å². The van der Waals surface area contributed by atoms with E-state index in [-0.39, 0.29) is 28.2 Å². The van der Waals surface area contributed by atoms with Gasteiger partial charge in [-0.1, -0.05) is 12.1 Å². The largest absolute Gasteiger partial charge is 0.416 e. The van der Waals surface area contributed by atoms with Gasteiger partial charge in [0.05, 0.1) is 16.8 Å². The SMILES string of the molecule is Nc1cc(-c2ccc(C(F)(F)F)cc2)nc(-c2c[nH]c3c(F)cc(F)cc23)n1. The molecule has 0 amide bonds. The van der Waals surface area contributed by atoms with Crippen molar-refractivity contribution in [1.29, 1.82) is 0 Å². The molecular weight excluding hydrogens is 379 g/mol. The average Bonchev–Trinajstić information content (AvgIpc) is 3.05. The van der Waals surface area contributed by atoms with Gasteiger partial charge in [0.25, 0.3) is 0 Å². The van der Waals surface area contributed by atoms with Crippen molar-refractivity contribution in [1.82, 2.24) is 15.0 Å². The molecule has 9 heteroatoms. The van der Waals surface area contributed by atoms with Crippen molar-refractivity contribution in [3.63, 3.8) is 0 Å². The topological polar surface area (TPSA) is 67.6 Å². The van der Waals surface area contributed by atoms with Gasteiger partial charge in [-0.25, -0.2) is 18.7 Å². The molecule has 2 heterocycles. The van der Waals surface area contributed by atoms with Crippen LogP contribution in [0.1, 0.15) is 5.56 Å². The molecule has 142 valence electrons. The van der Waals surface area contributed by atoms with Gasteiger partial charge in [-0.15, -0.1) is 0 Å². The first-order chi connectivity index (χ1) is 13.2. The number of nitrogens with zero attached hydrogens (tertiary/aromatic N) is 2. The van der Waals surface area contributed by atoms with E-state index in [1.54, 1.807) is 0 Å². The zero-order chi connectivity index (χ0) is 20.1. The summed E-state index contributed by atoms with van der Waals surface area (Å²) < 4.78 is 65.7.